The summed E-state index contributed by atoms with van der Waals surface area (Å²) in [6.45, 7) is 0. The molecule has 0 spiro atoms. The van der Waals surface area contributed by atoms with E-state index in [1.807, 2.05) is 6.08 Å². The number of phenols is 1. The zero-order valence-electron chi connectivity index (χ0n) is 28.7. The number of benzene rings is 3. The molecule has 2 saturated heterocycles. The third-order valence-electron chi connectivity index (χ3n) is 10.8. The molecular weight excluding hydrogens is 727 g/mol. The number of phenolic OH excluding ortho intramolecular Hbond substituents is 1. The largest absolute Gasteiger partial charge is 0.502 e. The average molecular weight is 762 g/mol. The number of ether oxygens (including phenoxy) is 3. The molecule has 0 unspecified atom stereocenters. The maximum Gasteiger partial charge on any atom is 0.328 e. The lowest BCUT2D eigenvalue weighted by molar-refractivity contribution is -0.139. The number of likely N-dealkylation sites (tertiary alicyclic amines) is 1. The molecule has 0 aromatic heterocycles. The molecule has 13 nitrogen and oxygen atoms in total. The number of allylic oxidation sites excluding steroid dienone is 3. The highest BCUT2D eigenvalue weighted by molar-refractivity contribution is 6.36. The van der Waals surface area contributed by atoms with Crippen LogP contribution < -0.4 is 25.4 Å². The molecule has 53 heavy (non-hydrogen) atoms. The van der Waals surface area contributed by atoms with Gasteiger partial charge in [-0.2, -0.15) is 9.91 Å². The van der Waals surface area contributed by atoms with Crippen molar-refractivity contribution in [3.63, 3.8) is 0 Å². The summed E-state index contributed by atoms with van der Waals surface area (Å²) in [7, 11) is 4.30. The van der Waals surface area contributed by atoms with E-state index in [-0.39, 0.29) is 40.8 Å². The molecule has 274 valence electrons. The number of aromatic hydroxyl groups is 1. The second kappa shape index (κ2) is 13.5. The van der Waals surface area contributed by atoms with Gasteiger partial charge in [-0.25, -0.2) is 4.79 Å². The van der Waals surface area contributed by atoms with Crippen LogP contribution in [0.25, 0.3) is 6.08 Å². The van der Waals surface area contributed by atoms with Crippen LogP contribution in [-0.2, 0) is 24.6 Å². The molecule has 2 heterocycles. The molecule has 0 radical (unpaired) electrons. The molecule has 4 N–H and O–H groups in total. The van der Waals surface area contributed by atoms with Gasteiger partial charge in [-0.1, -0.05) is 59.1 Å². The van der Waals surface area contributed by atoms with Gasteiger partial charge < -0.3 is 25.1 Å². The Labute approximate surface area is 313 Å². The number of nitrogens with one attached hydrogen (secondary N) is 1. The zero-order valence-corrected chi connectivity index (χ0v) is 30.2. The molecule has 6 amide bonds. The van der Waals surface area contributed by atoms with Crippen LogP contribution in [-0.4, -0.2) is 66.0 Å². The Balaban J connectivity index is 1.45. The lowest BCUT2D eigenvalue weighted by atomic mass is 9.50. The summed E-state index contributed by atoms with van der Waals surface area (Å²) in [4.78, 5) is 70.0. The van der Waals surface area contributed by atoms with E-state index in [4.69, 9.17) is 43.1 Å². The Kier molecular flexibility index (Phi) is 9.11. The van der Waals surface area contributed by atoms with Crippen LogP contribution in [0, 0.1) is 29.6 Å². The Morgan fingerprint density at radius 1 is 0.925 bits per heavy atom. The van der Waals surface area contributed by atoms with Gasteiger partial charge in [0.2, 0.25) is 17.6 Å². The van der Waals surface area contributed by atoms with Gasteiger partial charge in [-0.15, -0.1) is 0 Å². The number of nitrogens with zero attached hydrogens (tertiary/aromatic N) is 2. The van der Waals surface area contributed by atoms with Gasteiger partial charge in [0.15, 0.2) is 11.5 Å². The van der Waals surface area contributed by atoms with E-state index in [1.54, 1.807) is 60.7 Å². The van der Waals surface area contributed by atoms with Crippen LogP contribution in [0.1, 0.15) is 24.0 Å². The van der Waals surface area contributed by atoms with E-state index in [0.29, 0.717) is 32.4 Å². The van der Waals surface area contributed by atoms with Crippen molar-refractivity contribution in [2.24, 2.45) is 35.3 Å². The van der Waals surface area contributed by atoms with Gasteiger partial charge in [-0.3, -0.25) is 24.6 Å². The third kappa shape index (κ3) is 5.48. The second-order valence-electron chi connectivity index (χ2n) is 13.2. The molecule has 7 rings (SSSR count). The molecule has 1 saturated carbocycles. The van der Waals surface area contributed by atoms with Crippen molar-refractivity contribution in [3.8, 4) is 23.0 Å². The average Bonchev–Trinajstić information content (AvgIpc) is 3.53. The molecule has 4 aliphatic rings. The Morgan fingerprint density at radius 2 is 1.60 bits per heavy atom. The monoisotopic (exact) mass is 760 g/mol. The normalized spacial score (nSPS) is 26.3. The van der Waals surface area contributed by atoms with Crippen molar-refractivity contribution in [1.29, 1.82) is 0 Å². The molecule has 15 heteroatoms. The number of carbonyl (C=O) groups is 5. The number of anilines is 1. The number of hydrazine groups is 1. The van der Waals surface area contributed by atoms with Gasteiger partial charge in [0.1, 0.15) is 5.75 Å². The van der Waals surface area contributed by atoms with E-state index in [9.17, 15) is 24.3 Å². The summed E-state index contributed by atoms with van der Waals surface area (Å²) < 4.78 is 16.2. The number of urea groups is 1. The summed E-state index contributed by atoms with van der Waals surface area (Å²) in [5.74, 6) is -6.58. The number of amides is 6. The van der Waals surface area contributed by atoms with Gasteiger partial charge in [0.05, 0.1) is 55.2 Å². The lowest BCUT2D eigenvalue weighted by Crippen LogP contribution is -2.54. The summed E-state index contributed by atoms with van der Waals surface area (Å²) >= 11 is 12.6. The number of nitrogens with two attached hydrogens (primary N) is 1. The summed E-state index contributed by atoms with van der Waals surface area (Å²) in [5, 5.41) is 12.0. The maximum absolute atomic E-state index is 15.3. The number of primary amides is 1. The highest BCUT2D eigenvalue weighted by Gasteiger charge is 2.69. The smallest absolute Gasteiger partial charge is 0.328 e. The predicted octanol–water partition coefficient (Wildman–Crippen LogP) is 5.33. The Bertz CT molecular complexity index is 2110. The summed E-state index contributed by atoms with van der Waals surface area (Å²) in [6, 6.07) is 13.4. The van der Waals surface area contributed by atoms with Crippen molar-refractivity contribution in [1.82, 2.24) is 9.91 Å². The van der Waals surface area contributed by atoms with Crippen LogP contribution in [0.15, 0.2) is 72.3 Å². The molecular formula is C38H34Cl2N4O9. The highest BCUT2D eigenvalue weighted by Crippen LogP contribution is 2.61. The van der Waals surface area contributed by atoms with E-state index < -0.39 is 64.7 Å². The predicted molar refractivity (Wildman–Crippen MR) is 193 cm³/mol. The van der Waals surface area contributed by atoms with Gasteiger partial charge >= 0.3 is 6.03 Å². The van der Waals surface area contributed by atoms with Crippen molar-refractivity contribution >= 4 is 64.6 Å². The van der Waals surface area contributed by atoms with Crippen molar-refractivity contribution in [2.45, 2.75) is 18.3 Å². The Hall–Kier alpha value is -5.53. The second-order valence-corrected chi connectivity index (χ2v) is 14.1. The highest BCUT2D eigenvalue weighted by atomic mass is 35.5. The van der Waals surface area contributed by atoms with Crippen LogP contribution in [0.2, 0.25) is 10.0 Å². The quantitative estimate of drug-likeness (QED) is 0.201. The SMILES string of the molecule is COc1ccc([C@@]23C(=O)N(Nc4ccc(Cl)cc4Cl)C(=O)[C@@H]2C[C@@H]2C(=CC[C@@H]4C(=O)N(C(N)=O)C(=O)[C@@H]42)[C@@H]3C=Cc2cc(OC)c(O)c(OC)c2)cc1. The van der Waals surface area contributed by atoms with Crippen LogP contribution in [0.5, 0.6) is 23.0 Å². The number of methoxy groups -OCH3 is 3. The minimum atomic E-state index is -1.60. The van der Waals surface area contributed by atoms with E-state index in [0.717, 1.165) is 5.01 Å². The van der Waals surface area contributed by atoms with E-state index in [2.05, 4.69) is 5.43 Å². The first-order chi connectivity index (χ1) is 25.4. The number of halogens is 2. The minimum Gasteiger partial charge on any atom is -0.502 e. The first-order valence-electron chi connectivity index (χ1n) is 16.6. The number of rotatable bonds is 8. The number of hydrogen-bond donors (Lipinski definition) is 3. The minimum absolute atomic E-state index is 0.00699. The topological polar surface area (TPSA) is 178 Å². The number of hydrogen-bond acceptors (Lipinski definition) is 10. The molecule has 3 fully saturated rings. The van der Waals surface area contributed by atoms with E-state index >= 15 is 4.79 Å². The molecule has 6 atom stereocenters. The van der Waals surface area contributed by atoms with Crippen LogP contribution in [0.3, 0.4) is 0 Å². The lowest BCUT2D eigenvalue weighted by Gasteiger charge is -2.49. The van der Waals surface area contributed by atoms with Gasteiger partial charge in [0, 0.05) is 10.9 Å². The van der Waals surface area contributed by atoms with Crippen molar-refractivity contribution in [3.05, 3.63) is 93.5 Å². The molecule has 3 aromatic rings. The molecule has 0 bridgehead atoms. The van der Waals surface area contributed by atoms with E-state index in [1.165, 1.54) is 27.4 Å². The number of carbonyl (C=O) groups excluding carboxylic acids is 5. The standard InChI is InChI=1S/C38H34Cl2N4O9/c1-51-21-8-5-19(6-9-21)38-25(12-4-18-14-29(52-2)32(45)30(15-18)53-3)22-10-11-23-31(35(48)43(33(23)46)37(41)50)24(22)17-26(38)34(47)44(36(38)49)42-28-13-7-20(39)16-27(28)40/h4-10,12-16,23-26,31,42,45H,11,17H2,1-3H3,(H2,41,50)/t23-,24+,25-,26-,31-,38-/m0/s1. The first-order valence-corrected chi connectivity index (χ1v) is 17.4. The van der Waals surface area contributed by atoms with Gasteiger partial charge in [-0.05, 0) is 72.4 Å². The van der Waals surface area contributed by atoms with Crippen LogP contribution in [0.4, 0.5) is 10.5 Å². The fourth-order valence-corrected chi connectivity index (χ4v) is 8.97. The third-order valence-corrected chi connectivity index (χ3v) is 11.4. The summed E-state index contributed by atoms with van der Waals surface area (Å²) in [6.07, 6.45) is 5.42. The fraction of sp³-hybridized carbons (Fsp3) is 0.289. The molecule has 3 aromatic carbocycles. The van der Waals surface area contributed by atoms with Gasteiger partial charge in [0.25, 0.3) is 11.8 Å². The fourth-order valence-electron chi connectivity index (χ4n) is 8.52. The number of fused-ring (bicyclic) bond motifs is 4. The van der Waals surface area contributed by atoms with Crippen molar-refractivity contribution < 1.29 is 43.3 Å². The maximum atomic E-state index is 15.3. The molecule has 2 aliphatic heterocycles. The first kappa shape index (κ1) is 35.9. The Morgan fingerprint density at radius 3 is 2.21 bits per heavy atom. The summed E-state index contributed by atoms with van der Waals surface area (Å²) in [5.41, 5.74) is 8.75. The number of imide groups is 4. The van der Waals surface area contributed by atoms with Crippen molar-refractivity contribution in [2.75, 3.05) is 26.8 Å². The molecule has 2 aliphatic carbocycles. The van der Waals surface area contributed by atoms with Crippen LogP contribution >= 0.6 is 23.2 Å². The zero-order chi connectivity index (χ0) is 37.9.